The molecule has 0 amide bonds. The van der Waals surface area contributed by atoms with Crippen LogP contribution in [0.25, 0.3) is 22.8 Å². The standard InChI is InChI=1S/C14H9Cl2N3O/c15-9-4-5-11(12(16)7-9)13-18-14(20-19-13)8-2-1-3-10(17)6-8/h1-7H,17H2. The molecule has 0 aliphatic carbocycles. The number of nitrogens with zero attached hydrogens (tertiary/aromatic N) is 2. The second-order valence-electron chi connectivity index (χ2n) is 4.17. The number of benzene rings is 2. The largest absolute Gasteiger partial charge is 0.399 e. The quantitative estimate of drug-likeness (QED) is 0.717. The summed E-state index contributed by atoms with van der Waals surface area (Å²) in [7, 11) is 0. The molecule has 4 nitrogen and oxygen atoms in total. The number of anilines is 1. The molecule has 0 aliphatic rings. The Morgan fingerprint density at radius 1 is 1.05 bits per heavy atom. The summed E-state index contributed by atoms with van der Waals surface area (Å²) in [5.74, 6) is 0.794. The van der Waals surface area contributed by atoms with Crippen molar-refractivity contribution >= 4 is 28.9 Å². The number of rotatable bonds is 2. The highest BCUT2D eigenvalue weighted by Gasteiger charge is 2.13. The number of aromatic nitrogens is 2. The van der Waals surface area contributed by atoms with E-state index < -0.39 is 0 Å². The van der Waals surface area contributed by atoms with Gasteiger partial charge in [-0.1, -0.05) is 34.4 Å². The van der Waals surface area contributed by atoms with E-state index in [1.165, 1.54) is 0 Å². The van der Waals surface area contributed by atoms with Gasteiger partial charge in [-0.15, -0.1) is 0 Å². The summed E-state index contributed by atoms with van der Waals surface area (Å²) in [6.45, 7) is 0. The second kappa shape index (κ2) is 5.15. The fraction of sp³-hybridized carbons (Fsp3) is 0. The van der Waals surface area contributed by atoms with E-state index in [1.54, 1.807) is 30.3 Å². The van der Waals surface area contributed by atoms with E-state index in [4.69, 9.17) is 33.5 Å². The Balaban J connectivity index is 2.02. The van der Waals surface area contributed by atoms with Crippen LogP contribution < -0.4 is 5.73 Å². The zero-order valence-electron chi connectivity index (χ0n) is 10.2. The molecule has 0 radical (unpaired) electrons. The molecule has 100 valence electrons. The molecule has 1 heterocycles. The van der Waals surface area contributed by atoms with E-state index in [0.29, 0.717) is 33.0 Å². The summed E-state index contributed by atoms with van der Waals surface area (Å²) in [5.41, 5.74) is 7.78. The van der Waals surface area contributed by atoms with Crippen molar-refractivity contribution in [2.45, 2.75) is 0 Å². The minimum Gasteiger partial charge on any atom is -0.399 e. The number of hydrogen-bond donors (Lipinski definition) is 1. The van der Waals surface area contributed by atoms with E-state index >= 15 is 0 Å². The van der Waals surface area contributed by atoms with Crippen molar-refractivity contribution in [1.82, 2.24) is 10.1 Å². The van der Waals surface area contributed by atoms with Gasteiger partial charge in [-0.2, -0.15) is 4.98 Å². The average molecular weight is 306 g/mol. The smallest absolute Gasteiger partial charge is 0.258 e. The molecule has 2 N–H and O–H groups in total. The molecule has 0 bridgehead atoms. The SMILES string of the molecule is Nc1cccc(-c2nc(-c3ccc(Cl)cc3Cl)no2)c1. The van der Waals surface area contributed by atoms with E-state index in [1.807, 2.05) is 12.1 Å². The highest BCUT2D eigenvalue weighted by Crippen LogP contribution is 2.30. The van der Waals surface area contributed by atoms with Crippen LogP contribution in [0.3, 0.4) is 0 Å². The number of nitrogen functional groups attached to an aromatic ring is 1. The van der Waals surface area contributed by atoms with Crippen molar-refractivity contribution in [2.75, 3.05) is 5.73 Å². The fourth-order valence-corrected chi connectivity index (χ4v) is 2.29. The van der Waals surface area contributed by atoms with Gasteiger partial charge in [0.15, 0.2) is 0 Å². The third-order valence-corrected chi connectivity index (χ3v) is 3.28. The van der Waals surface area contributed by atoms with Gasteiger partial charge in [-0.25, -0.2) is 0 Å². The molecule has 6 heteroatoms. The van der Waals surface area contributed by atoms with Crippen molar-refractivity contribution in [3.05, 3.63) is 52.5 Å². The summed E-state index contributed by atoms with van der Waals surface area (Å²) < 4.78 is 5.24. The molecule has 0 atom stereocenters. The van der Waals surface area contributed by atoms with Gasteiger partial charge in [0.2, 0.25) is 5.82 Å². The van der Waals surface area contributed by atoms with E-state index in [2.05, 4.69) is 10.1 Å². The molecule has 0 fully saturated rings. The molecule has 2 aromatic carbocycles. The number of hydrogen-bond acceptors (Lipinski definition) is 4. The minimum absolute atomic E-state index is 0.387. The first-order valence-corrected chi connectivity index (χ1v) is 6.54. The van der Waals surface area contributed by atoms with E-state index in [0.717, 1.165) is 5.56 Å². The highest BCUT2D eigenvalue weighted by atomic mass is 35.5. The normalized spacial score (nSPS) is 10.7. The highest BCUT2D eigenvalue weighted by molar-refractivity contribution is 6.36. The zero-order valence-corrected chi connectivity index (χ0v) is 11.7. The molecule has 1 aromatic heterocycles. The van der Waals surface area contributed by atoms with Gasteiger partial charge < -0.3 is 10.3 Å². The zero-order chi connectivity index (χ0) is 14.1. The summed E-state index contributed by atoms with van der Waals surface area (Å²) in [5, 5.41) is 4.95. The van der Waals surface area contributed by atoms with Gasteiger partial charge in [-0.3, -0.25) is 0 Å². The van der Waals surface area contributed by atoms with Gasteiger partial charge in [0.05, 0.1) is 5.02 Å². The van der Waals surface area contributed by atoms with Gasteiger partial charge in [0.25, 0.3) is 5.89 Å². The topological polar surface area (TPSA) is 64.9 Å². The van der Waals surface area contributed by atoms with Crippen LogP contribution in [0.15, 0.2) is 47.0 Å². The molecular weight excluding hydrogens is 297 g/mol. The molecular formula is C14H9Cl2N3O. The third-order valence-electron chi connectivity index (χ3n) is 2.73. The first kappa shape index (κ1) is 13.0. The molecule has 0 unspecified atom stereocenters. The van der Waals surface area contributed by atoms with Crippen LogP contribution in [-0.4, -0.2) is 10.1 Å². The Kier molecular flexibility index (Phi) is 3.34. The minimum atomic E-state index is 0.387. The maximum atomic E-state index is 6.12. The van der Waals surface area contributed by atoms with Crippen LogP contribution in [0.5, 0.6) is 0 Å². The predicted molar refractivity (Wildman–Crippen MR) is 79.6 cm³/mol. The molecule has 3 rings (SSSR count). The Morgan fingerprint density at radius 3 is 2.65 bits per heavy atom. The van der Waals surface area contributed by atoms with Gasteiger partial charge >= 0.3 is 0 Å². The fourth-order valence-electron chi connectivity index (χ4n) is 1.79. The summed E-state index contributed by atoms with van der Waals surface area (Å²) in [6.07, 6.45) is 0. The number of nitrogens with two attached hydrogens (primary N) is 1. The van der Waals surface area contributed by atoms with Crippen LogP contribution in [0, 0.1) is 0 Å². The Hall–Kier alpha value is -2.04. The van der Waals surface area contributed by atoms with Crippen LogP contribution >= 0.6 is 23.2 Å². The first-order chi connectivity index (χ1) is 9.63. The summed E-state index contributed by atoms with van der Waals surface area (Å²) in [6, 6.07) is 12.3. The van der Waals surface area contributed by atoms with Crippen molar-refractivity contribution in [3.8, 4) is 22.8 Å². The lowest BCUT2D eigenvalue weighted by atomic mass is 10.2. The van der Waals surface area contributed by atoms with Crippen LogP contribution in [0.1, 0.15) is 0 Å². The monoisotopic (exact) mass is 305 g/mol. The Labute approximate surface area is 125 Å². The molecule has 0 spiro atoms. The van der Waals surface area contributed by atoms with Crippen LogP contribution in [-0.2, 0) is 0 Å². The van der Waals surface area contributed by atoms with Gasteiger partial charge in [0, 0.05) is 21.8 Å². The predicted octanol–water partition coefficient (Wildman–Crippen LogP) is 4.29. The molecule has 0 saturated heterocycles. The van der Waals surface area contributed by atoms with E-state index in [-0.39, 0.29) is 0 Å². The lowest BCUT2D eigenvalue weighted by molar-refractivity contribution is 0.432. The van der Waals surface area contributed by atoms with Crippen molar-refractivity contribution in [3.63, 3.8) is 0 Å². The van der Waals surface area contributed by atoms with Crippen LogP contribution in [0.2, 0.25) is 10.0 Å². The van der Waals surface area contributed by atoms with E-state index in [9.17, 15) is 0 Å². The molecule has 3 aromatic rings. The molecule has 0 saturated carbocycles. The lowest BCUT2D eigenvalue weighted by Crippen LogP contribution is -1.86. The first-order valence-electron chi connectivity index (χ1n) is 5.78. The summed E-state index contributed by atoms with van der Waals surface area (Å²) >= 11 is 12.0. The Bertz CT molecular complexity index is 771. The maximum Gasteiger partial charge on any atom is 0.258 e. The second-order valence-corrected chi connectivity index (χ2v) is 5.02. The maximum absolute atomic E-state index is 6.12. The molecule has 20 heavy (non-hydrogen) atoms. The molecule has 0 aliphatic heterocycles. The van der Waals surface area contributed by atoms with Gasteiger partial charge in [-0.05, 0) is 36.4 Å². The van der Waals surface area contributed by atoms with Crippen molar-refractivity contribution < 1.29 is 4.52 Å². The van der Waals surface area contributed by atoms with Crippen LogP contribution in [0.4, 0.5) is 5.69 Å². The Morgan fingerprint density at radius 2 is 1.90 bits per heavy atom. The van der Waals surface area contributed by atoms with Crippen molar-refractivity contribution in [1.29, 1.82) is 0 Å². The van der Waals surface area contributed by atoms with Gasteiger partial charge in [0.1, 0.15) is 0 Å². The number of halogens is 2. The summed E-state index contributed by atoms with van der Waals surface area (Å²) in [4.78, 5) is 4.32. The third kappa shape index (κ3) is 2.48. The average Bonchev–Trinajstić information content (AvgIpc) is 2.88. The lowest BCUT2D eigenvalue weighted by Gasteiger charge is -1.98. The van der Waals surface area contributed by atoms with Crippen molar-refractivity contribution in [2.24, 2.45) is 0 Å².